The smallest absolute Gasteiger partial charge is 0.256 e. The van der Waals surface area contributed by atoms with Gasteiger partial charge < -0.3 is 14.2 Å². The molecule has 5 rings (SSSR count). The van der Waals surface area contributed by atoms with Crippen LogP contribution in [0.5, 0.6) is 5.75 Å². The van der Waals surface area contributed by atoms with Gasteiger partial charge >= 0.3 is 0 Å². The number of methoxy groups -OCH3 is 1. The highest BCUT2D eigenvalue weighted by Crippen LogP contribution is 2.35. The monoisotopic (exact) mass is 434 g/mol. The Bertz CT molecular complexity index is 1260. The first-order valence-electron chi connectivity index (χ1n) is 10.1. The number of carbonyl (C=O) groups excluding carboxylic acids is 1. The van der Waals surface area contributed by atoms with Crippen LogP contribution in [-0.4, -0.2) is 49.6 Å². The fourth-order valence-electron chi connectivity index (χ4n) is 3.92. The van der Waals surface area contributed by atoms with Crippen LogP contribution < -0.4 is 4.74 Å². The molecule has 0 N–H and O–H groups in total. The van der Waals surface area contributed by atoms with Crippen molar-refractivity contribution >= 4 is 5.91 Å². The number of halogens is 1. The molecule has 3 heterocycles. The number of nitrogens with zero attached hydrogens (tertiary/aromatic N) is 6. The van der Waals surface area contributed by atoms with E-state index < -0.39 is 11.9 Å². The Morgan fingerprint density at radius 3 is 2.81 bits per heavy atom. The highest BCUT2D eigenvalue weighted by Gasteiger charge is 2.36. The first-order chi connectivity index (χ1) is 15.7. The van der Waals surface area contributed by atoms with Gasteiger partial charge in [-0.25, -0.2) is 4.39 Å². The summed E-state index contributed by atoms with van der Waals surface area (Å²) < 4.78 is 25.0. The summed E-state index contributed by atoms with van der Waals surface area (Å²) in [7, 11) is 1.57. The number of amides is 1. The van der Waals surface area contributed by atoms with Crippen LogP contribution in [0.25, 0.3) is 17.1 Å². The quantitative estimate of drug-likeness (QED) is 0.474. The van der Waals surface area contributed by atoms with Gasteiger partial charge in [0, 0.05) is 6.54 Å². The highest BCUT2D eigenvalue weighted by atomic mass is 19.1. The third kappa shape index (κ3) is 3.49. The Balaban J connectivity index is 1.47. The Morgan fingerprint density at radius 1 is 1.19 bits per heavy atom. The number of rotatable bonds is 5. The van der Waals surface area contributed by atoms with E-state index in [1.807, 2.05) is 24.3 Å². The van der Waals surface area contributed by atoms with E-state index in [0.717, 1.165) is 6.42 Å². The van der Waals surface area contributed by atoms with Crippen LogP contribution in [0.2, 0.25) is 0 Å². The summed E-state index contributed by atoms with van der Waals surface area (Å²) in [6.45, 7) is 0.484. The van der Waals surface area contributed by atoms with E-state index in [4.69, 9.17) is 9.26 Å². The molecule has 0 saturated carbocycles. The Morgan fingerprint density at radius 2 is 2.00 bits per heavy atom. The predicted octanol–water partition coefficient (Wildman–Crippen LogP) is 3.44. The van der Waals surface area contributed by atoms with Gasteiger partial charge in [0.15, 0.2) is 0 Å². The number of benzene rings is 2. The molecule has 0 unspecified atom stereocenters. The van der Waals surface area contributed by atoms with Gasteiger partial charge in [-0.3, -0.25) is 4.79 Å². The zero-order valence-corrected chi connectivity index (χ0v) is 17.2. The summed E-state index contributed by atoms with van der Waals surface area (Å²) in [5.74, 6) is 0.457. The number of para-hydroxylation sites is 1. The number of hydrogen-bond acceptors (Lipinski definition) is 7. The molecule has 1 aliphatic heterocycles. The lowest BCUT2D eigenvalue weighted by Gasteiger charge is -2.23. The molecule has 1 atom stereocenters. The van der Waals surface area contributed by atoms with E-state index in [0.29, 0.717) is 41.7 Å². The Kier molecular flexibility index (Phi) is 5.10. The molecule has 0 aliphatic carbocycles. The molecule has 1 fully saturated rings. The lowest BCUT2D eigenvalue weighted by atomic mass is 10.1. The molecule has 32 heavy (non-hydrogen) atoms. The van der Waals surface area contributed by atoms with Gasteiger partial charge in [-0.05, 0) is 43.2 Å². The largest absolute Gasteiger partial charge is 0.496 e. The number of likely N-dealkylation sites (tertiary alicyclic amines) is 1. The van der Waals surface area contributed by atoms with Crippen LogP contribution in [-0.2, 0) is 0 Å². The molecule has 0 spiro atoms. The molecule has 2 aromatic heterocycles. The Labute approximate surface area is 182 Å². The minimum atomic E-state index is -0.517. The average molecular weight is 434 g/mol. The fraction of sp³-hybridized carbons (Fsp3) is 0.227. The van der Waals surface area contributed by atoms with Gasteiger partial charge in [-0.1, -0.05) is 17.3 Å². The van der Waals surface area contributed by atoms with E-state index in [1.54, 1.807) is 12.0 Å². The SMILES string of the molecule is COc1ccccc1-c1noc([C@@H]2CCCN2C(=O)c2cc(F)ccc2-n2nccn2)n1. The molecule has 2 aromatic carbocycles. The second-order valence-corrected chi connectivity index (χ2v) is 7.29. The summed E-state index contributed by atoms with van der Waals surface area (Å²) in [5, 5.41) is 12.2. The molecule has 0 radical (unpaired) electrons. The normalized spacial score (nSPS) is 15.8. The molecule has 1 amide bonds. The molecule has 1 aliphatic rings. The van der Waals surface area contributed by atoms with Crippen molar-refractivity contribution in [3.8, 4) is 22.8 Å². The molecule has 10 heteroatoms. The number of hydrogen-bond donors (Lipinski definition) is 0. The molecule has 1 saturated heterocycles. The van der Waals surface area contributed by atoms with Crippen molar-refractivity contribution in [2.24, 2.45) is 0 Å². The van der Waals surface area contributed by atoms with E-state index in [-0.39, 0.29) is 11.5 Å². The lowest BCUT2D eigenvalue weighted by Crippen LogP contribution is -2.31. The minimum absolute atomic E-state index is 0.164. The zero-order chi connectivity index (χ0) is 22.1. The first-order valence-corrected chi connectivity index (χ1v) is 10.1. The van der Waals surface area contributed by atoms with Crippen LogP contribution in [0.4, 0.5) is 4.39 Å². The van der Waals surface area contributed by atoms with Crippen molar-refractivity contribution in [2.45, 2.75) is 18.9 Å². The minimum Gasteiger partial charge on any atom is -0.496 e. The number of carbonyl (C=O) groups is 1. The van der Waals surface area contributed by atoms with Crippen molar-refractivity contribution in [1.29, 1.82) is 0 Å². The molecule has 162 valence electrons. The molecule has 4 aromatic rings. The van der Waals surface area contributed by atoms with E-state index in [2.05, 4.69) is 20.3 Å². The standard InChI is InChI=1S/C22H19FN6O3/c1-31-19-7-3-2-5-15(19)20-26-21(32-27-20)18-6-4-12-28(18)22(30)16-13-14(23)8-9-17(16)29-24-10-11-25-29/h2-3,5,7-11,13,18H,4,6,12H2,1H3/t18-/m0/s1. The molecular formula is C22H19FN6O3. The maximum Gasteiger partial charge on any atom is 0.256 e. The van der Waals surface area contributed by atoms with Gasteiger partial charge in [0.2, 0.25) is 11.7 Å². The molecular weight excluding hydrogens is 415 g/mol. The fourth-order valence-corrected chi connectivity index (χ4v) is 3.92. The summed E-state index contributed by atoms with van der Waals surface area (Å²) in [6.07, 6.45) is 4.40. The average Bonchev–Trinajstić information content (AvgIpc) is 3.59. The molecule has 0 bridgehead atoms. The van der Waals surface area contributed by atoms with Gasteiger partial charge in [0.25, 0.3) is 5.91 Å². The predicted molar refractivity (Wildman–Crippen MR) is 111 cm³/mol. The molecule has 9 nitrogen and oxygen atoms in total. The third-order valence-corrected chi connectivity index (χ3v) is 5.41. The van der Waals surface area contributed by atoms with Crippen molar-refractivity contribution < 1.29 is 18.4 Å². The van der Waals surface area contributed by atoms with Gasteiger partial charge in [-0.15, -0.1) is 0 Å². The van der Waals surface area contributed by atoms with E-state index >= 15 is 0 Å². The second kappa shape index (κ2) is 8.22. The van der Waals surface area contributed by atoms with Gasteiger partial charge in [0.1, 0.15) is 17.6 Å². The van der Waals surface area contributed by atoms with Crippen molar-refractivity contribution in [1.82, 2.24) is 30.0 Å². The summed E-state index contributed by atoms with van der Waals surface area (Å²) in [5.41, 5.74) is 1.25. The zero-order valence-electron chi connectivity index (χ0n) is 17.2. The van der Waals surface area contributed by atoms with Crippen LogP contribution in [0.3, 0.4) is 0 Å². The maximum atomic E-state index is 14.0. The lowest BCUT2D eigenvalue weighted by molar-refractivity contribution is 0.0709. The maximum absolute atomic E-state index is 14.0. The summed E-state index contributed by atoms with van der Waals surface area (Å²) in [4.78, 5) is 20.9. The third-order valence-electron chi connectivity index (χ3n) is 5.41. The Hall–Kier alpha value is -4.08. The van der Waals surface area contributed by atoms with Crippen molar-refractivity contribution in [2.75, 3.05) is 13.7 Å². The van der Waals surface area contributed by atoms with E-state index in [1.165, 1.54) is 35.4 Å². The number of aromatic nitrogens is 5. The highest BCUT2D eigenvalue weighted by molar-refractivity contribution is 5.98. The van der Waals surface area contributed by atoms with Crippen molar-refractivity contribution in [3.05, 3.63) is 72.1 Å². The van der Waals surface area contributed by atoms with E-state index in [9.17, 15) is 9.18 Å². The summed E-state index contributed by atoms with van der Waals surface area (Å²) >= 11 is 0. The van der Waals surface area contributed by atoms with Crippen LogP contribution in [0, 0.1) is 5.82 Å². The van der Waals surface area contributed by atoms with Crippen LogP contribution >= 0.6 is 0 Å². The van der Waals surface area contributed by atoms with Gasteiger partial charge in [-0.2, -0.15) is 20.0 Å². The van der Waals surface area contributed by atoms with Crippen LogP contribution in [0.15, 0.2) is 59.4 Å². The first kappa shape index (κ1) is 19.9. The number of ether oxygens (including phenoxy) is 1. The topological polar surface area (TPSA) is 99.2 Å². The van der Waals surface area contributed by atoms with Crippen LogP contribution in [0.1, 0.15) is 35.1 Å². The van der Waals surface area contributed by atoms with Gasteiger partial charge in [0.05, 0.1) is 36.3 Å². The summed E-state index contributed by atoms with van der Waals surface area (Å²) in [6, 6.07) is 10.9. The van der Waals surface area contributed by atoms with Crippen molar-refractivity contribution in [3.63, 3.8) is 0 Å². The second-order valence-electron chi connectivity index (χ2n) is 7.29.